The number of anilines is 1. The SMILES string of the molecule is COc1ccc(Cl)cc1NCC(=O)N1CCN(C(=O)c2cccs2)CC1. The van der Waals surface area contributed by atoms with Gasteiger partial charge in [-0.25, -0.2) is 0 Å². The first-order chi connectivity index (χ1) is 12.6. The smallest absolute Gasteiger partial charge is 0.264 e. The molecule has 1 fully saturated rings. The van der Waals surface area contributed by atoms with Crippen LogP contribution in [0.2, 0.25) is 5.02 Å². The number of benzene rings is 1. The molecule has 0 spiro atoms. The maximum atomic E-state index is 12.4. The summed E-state index contributed by atoms with van der Waals surface area (Å²) in [4.78, 5) is 29.1. The van der Waals surface area contributed by atoms with Crippen molar-refractivity contribution in [2.75, 3.05) is 45.2 Å². The number of piperazine rings is 1. The third-order valence-electron chi connectivity index (χ3n) is 4.24. The van der Waals surface area contributed by atoms with Crippen molar-refractivity contribution in [2.24, 2.45) is 0 Å². The van der Waals surface area contributed by atoms with E-state index in [1.165, 1.54) is 11.3 Å². The Labute approximate surface area is 161 Å². The van der Waals surface area contributed by atoms with Crippen LogP contribution in [0.1, 0.15) is 9.67 Å². The second-order valence-corrected chi connectivity index (χ2v) is 7.23. The molecule has 0 radical (unpaired) electrons. The first kappa shape index (κ1) is 18.5. The maximum absolute atomic E-state index is 12.4. The molecule has 2 heterocycles. The monoisotopic (exact) mass is 393 g/mol. The van der Waals surface area contributed by atoms with Crippen LogP contribution in [0.25, 0.3) is 0 Å². The minimum absolute atomic E-state index is 0.0183. The van der Waals surface area contributed by atoms with Crippen molar-refractivity contribution in [3.05, 3.63) is 45.6 Å². The van der Waals surface area contributed by atoms with Crippen molar-refractivity contribution in [1.29, 1.82) is 0 Å². The van der Waals surface area contributed by atoms with Crippen LogP contribution >= 0.6 is 22.9 Å². The molecule has 1 saturated heterocycles. The fourth-order valence-electron chi connectivity index (χ4n) is 2.82. The lowest BCUT2D eigenvalue weighted by Gasteiger charge is -2.34. The number of thiophene rings is 1. The van der Waals surface area contributed by atoms with Gasteiger partial charge in [-0.1, -0.05) is 17.7 Å². The highest BCUT2D eigenvalue weighted by Crippen LogP contribution is 2.27. The van der Waals surface area contributed by atoms with Crippen molar-refractivity contribution in [3.8, 4) is 5.75 Å². The molecule has 0 saturated carbocycles. The molecule has 0 atom stereocenters. The number of carbonyl (C=O) groups is 2. The summed E-state index contributed by atoms with van der Waals surface area (Å²) in [6.07, 6.45) is 0. The van der Waals surface area contributed by atoms with Gasteiger partial charge in [0.1, 0.15) is 5.75 Å². The first-order valence-electron chi connectivity index (χ1n) is 8.26. The van der Waals surface area contributed by atoms with E-state index in [2.05, 4.69) is 5.32 Å². The van der Waals surface area contributed by atoms with E-state index in [1.54, 1.807) is 35.1 Å². The number of amides is 2. The summed E-state index contributed by atoms with van der Waals surface area (Å²) in [6.45, 7) is 2.30. The van der Waals surface area contributed by atoms with E-state index in [-0.39, 0.29) is 18.4 Å². The van der Waals surface area contributed by atoms with E-state index in [0.29, 0.717) is 42.6 Å². The van der Waals surface area contributed by atoms with Gasteiger partial charge in [0.2, 0.25) is 5.91 Å². The molecule has 2 aromatic rings. The molecule has 1 aromatic carbocycles. The number of carbonyl (C=O) groups excluding carboxylic acids is 2. The average molecular weight is 394 g/mol. The summed E-state index contributed by atoms with van der Waals surface area (Å²) in [5, 5.41) is 5.54. The Bertz CT molecular complexity index is 774. The zero-order valence-electron chi connectivity index (χ0n) is 14.4. The maximum Gasteiger partial charge on any atom is 0.264 e. The van der Waals surface area contributed by atoms with Crippen LogP contribution in [0, 0.1) is 0 Å². The molecule has 3 rings (SSSR count). The molecular formula is C18H20ClN3O3S. The van der Waals surface area contributed by atoms with Crippen LogP contribution in [-0.2, 0) is 4.79 Å². The fourth-order valence-corrected chi connectivity index (χ4v) is 3.68. The van der Waals surface area contributed by atoms with Crippen LogP contribution in [-0.4, -0.2) is 61.4 Å². The van der Waals surface area contributed by atoms with Gasteiger partial charge >= 0.3 is 0 Å². The van der Waals surface area contributed by atoms with E-state index >= 15 is 0 Å². The lowest BCUT2D eigenvalue weighted by molar-refractivity contribution is -0.130. The summed E-state index contributed by atoms with van der Waals surface area (Å²) < 4.78 is 5.26. The molecule has 2 amide bonds. The zero-order valence-corrected chi connectivity index (χ0v) is 16.0. The summed E-state index contributed by atoms with van der Waals surface area (Å²) in [6, 6.07) is 8.91. The van der Waals surface area contributed by atoms with Gasteiger partial charge in [0.05, 0.1) is 24.2 Å². The number of ether oxygens (including phenoxy) is 1. The second kappa shape index (κ2) is 8.42. The highest BCUT2D eigenvalue weighted by molar-refractivity contribution is 7.12. The number of methoxy groups -OCH3 is 1. The minimum atomic E-state index is -0.0183. The standard InChI is InChI=1S/C18H20ClN3O3S/c1-25-15-5-4-13(19)11-14(15)20-12-17(23)21-6-8-22(9-7-21)18(24)16-3-2-10-26-16/h2-5,10-11,20H,6-9,12H2,1H3. The van der Waals surface area contributed by atoms with Crippen molar-refractivity contribution < 1.29 is 14.3 Å². The predicted molar refractivity (Wildman–Crippen MR) is 103 cm³/mol. The van der Waals surface area contributed by atoms with Crippen LogP contribution in [0.5, 0.6) is 5.75 Å². The second-order valence-electron chi connectivity index (χ2n) is 5.85. The van der Waals surface area contributed by atoms with Crippen LogP contribution in [0.3, 0.4) is 0 Å². The molecule has 6 nitrogen and oxygen atoms in total. The van der Waals surface area contributed by atoms with Gasteiger partial charge in [-0.05, 0) is 29.6 Å². The molecule has 26 heavy (non-hydrogen) atoms. The Kier molecular flexibility index (Phi) is 6.00. The molecule has 1 aliphatic rings. The largest absolute Gasteiger partial charge is 0.495 e. The van der Waals surface area contributed by atoms with Crippen molar-refractivity contribution >= 4 is 40.4 Å². The number of nitrogens with one attached hydrogen (secondary N) is 1. The molecular weight excluding hydrogens is 374 g/mol. The Morgan fingerprint density at radius 1 is 1.19 bits per heavy atom. The van der Waals surface area contributed by atoms with Crippen LogP contribution in [0.15, 0.2) is 35.7 Å². The minimum Gasteiger partial charge on any atom is -0.495 e. The molecule has 0 bridgehead atoms. The molecule has 0 aliphatic carbocycles. The van der Waals surface area contributed by atoms with Crippen molar-refractivity contribution in [2.45, 2.75) is 0 Å². The quantitative estimate of drug-likeness (QED) is 0.848. The number of hydrogen-bond donors (Lipinski definition) is 1. The number of hydrogen-bond acceptors (Lipinski definition) is 5. The lowest BCUT2D eigenvalue weighted by atomic mass is 10.2. The Morgan fingerprint density at radius 2 is 1.92 bits per heavy atom. The average Bonchev–Trinajstić information content (AvgIpc) is 3.20. The topological polar surface area (TPSA) is 61.9 Å². The number of halogens is 1. The molecule has 1 aliphatic heterocycles. The molecule has 8 heteroatoms. The van der Waals surface area contributed by atoms with E-state index < -0.39 is 0 Å². The van der Waals surface area contributed by atoms with E-state index in [4.69, 9.17) is 16.3 Å². The fraction of sp³-hybridized carbons (Fsp3) is 0.333. The third kappa shape index (κ3) is 4.28. The lowest BCUT2D eigenvalue weighted by Crippen LogP contribution is -2.51. The Balaban J connectivity index is 1.51. The van der Waals surface area contributed by atoms with E-state index in [0.717, 1.165) is 4.88 Å². The third-order valence-corrected chi connectivity index (χ3v) is 5.34. The van der Waals surface area contributed by atoms with Gasteiger partial charge in [0, 0.05) is 31.2 Å². The van der Waals surface area contributed by atoms with Gasteiger partial charge < -0.3 is 19.9 Å². The van der Waals surface area contributed by atoms with Crippen LogP contribution < -0.4 is 10.1 Å². The van der Waals surface area contributed by atoms with Gasteiger partial charge in [-0.2, -0.15) is 0 Å². The number of rotatable bonds is 5. The molecule has 138 valence electrons. The van der Waals surface area contributed by atoms with Crippen molar-refractivity contribution in [1.82, 2.24) is 9.80 Å². The Hall–Kier alpha value is -2.25. The molecule has 1 N–H and O–H groups in total. The summed E-state index contributed by atoms with van der Waals surface area (Å²) in [5.41, 5.74) is 0.680. The number of nitrogens with zero attached hydrogens (tertiary/aromatic N) is 2. The van der Waals surface area contributed by atoms with Gasteiger partial charge in [-0.3, -0.25) is 9.59 Å². The van der Waals surface area contributed by atoms with E-state index in [1.807, 2.05) is 17.5 Å². The van der Waals surface area contributed by atoms with Gasteiger partial charge in [0.25, 0.3) is 5.91 Å². The highest BCUT2D eigenvalue weighted by atomic mass is 35.5. The van der Waals surface area contributed by atoms with Gasteiger partial charge in [0.15, 0.2) is 0 Å². The summed E-state index contributed by atoms with van der Waals surface area (Å²) >= 11 is 7.44. The summed E-state index contributed by atoms with van der Waals surface area (Å²) in [5.74, 6) is 0.651. The first-order valence-corrected chi connectivity index (χ1v) is 9.52. The van der Waals surface area contributed by atoms with Crippen molar-refractivity contribution in [3.63, 3.8) is 0 Å². The molecule has 0 unspecified atom stereocenters. The normalized spacial score (nSPS) is 14.2. The predicted octanol–water partition coefficient (Wildman–Crippen LogP) is 2.81. The van der Waals surface area contributed by atoms with E-state index in [9.17, 15) is 9.59 Å². The van der Waals surface area contributed by atoms with Crippen LogP contribution in [0.4, 0.5) is 5.69 Å². The molecule has 1 aromatic heterocycles. The zero-order chi connectivity index (χ0) is 18.5. The summed E-state index contributed by atoms with van der Waals surface area (Å²) in [7, 11) is 1.57. The Morgan fingerprint density at radius 3 is 2.58 bits per heavy atom. The highest BCUT2D eigenvalue weighted by Gasteiger charge is 2.25. The van der Waals surface area contributed by atoms with Gasteiger partial charge in [-0.15, -0.1) is 11.3 Å².